The topological polar surface area (TPSA) is 55.0 Å². The molecule has 4 nitrogen and oxygen atoms in total. The number of esters is 1. The van der Waals surface area contributed by atoms with E-state index in [1.807, 2.05) is 0 Å². The number of benzene rings is 1. The van der Waals surface area contributed by atoms with Gasteiger partial charge in [0.2, 0.25) is 5.82 Å². The molecule has 0 bridgehead atoms. The Morgan fingerprint density at radius 3 is 2.14 bits per heavy atom. The minimum atomic E-state index is -2.23. The Morgan fingerprint density at radius 1 is 1.10 bits per heavy atom. The van der Waals surface area contributed by atoms with Gasteiger partial charge in [-0.2, -0.15) is 0 Å². The number of ether oxygens (including phenoxy) is 1. The predicted molar refractivity (Wildman–Crippen MR) is 59.0 cm³/mol. The molecule has 0 amide bonds. The summed E-state index contributed by atoms with van der Waals surface area (Å²) < 4.78 is 70.2. The molecule has 1 aromatic heterocycles. The maximum absolute atomic E-state index is 13.5. The Labute approximate surface area is 114 Å². The molecule has 0 aliphatic carbocycles. The fraction of sp³-hybridized carbons (Fsp3) is 0.167. The van der Waals surface area contributed by atoms with E-state index in [4.69, 9.17) is 0 Å². The number of aromatic nitrogens is 2. The van der Waals surface area contributed by atoms with Crippen LogP contribution in [0.2, 0.25) is 0 Å². The van der Waals surface area contributed by atoms with E-state index in [-0.39, 0.29) is 11.5 Å². The van der Waals surface area contributed by atoms with Crippen LogP contribution in [0.25, 0.3) is 0 Å². The van der Waals surface area contributed by atoms with Gasteiger partial charge in [-0.05, 0) is 0 Å². The van der Waals surface area contributed by atoms with Crippen LogP contribution < -0.4 is 0 Å². The number of nitrogens with one attached hydrogen (secondary N) is 1. The zero-order valence-corrected chi connectivity index (χ0v) is 10.4. The molecule has 112 valence electrons. The highest BCUT2D eigenvalue weighted by Crippen LogP contribution is 2.24. The molecule has 2 rings (SSSR count). The number of hydrogen-bond acceptors (Lipinski definition) is 3. The van der Waals surface area contributed by atoms with Crippen LogP contribution in [0.4, 0.5) is 22.0 Å². The number of carbonyl (C=O) groups is 1. The first kappa shape index (κ1) is 14.9. The van der Waals surface area contributed by atoms with Gasteiger partial charge in [-0.1, -0.05) is 0 Å². The van der Waals surface area contributed by atoms with Gasteiger partial charge in [-0.25, -0.2) is 31.7 Å². The average molecular weight is 306 g/mol. The molecule has 1 N–H and O–H groups in total. The molecule has 0 spiro atoms. The third-order valence-corrected chi connectivity index (χ3v) is 2.68. The second kappa shape index (κ2) is 5.51. The summed E-state index contributed by atoms with van der Waals surface area (Å²) in [6.07, 6.45) is 0.315. The molecule has 0 atom stereocenters. The van der Waals surface area contributed by atoms with E-state index in [2.05, 4.69) is 14.7 Å². The highest BCUT2D eigenvalue weighted by Gasteiger charge is 2.26. The van der Waals surface area contributed by atoms with Crippen LogP contribution in [0.1, 0.15) is 21.9 Å². The van der Waals surface area contributed by atoms with Gasteiger partial charge in [0.15, 0.2) is 23.3 Å². The van der Waals surface area contributed by atoms with Gasteiger partial charge in [0.25, 0.3) is 0 Å². The molecule has 0 aliphatic heterocycles. The number of carbonyl (C=O) groups excluding carboxylic acids is 1. The molecule has 0 aliphatic rings. The summed E-state index contributed by atoms with van der Waals surface area (Å²) in [6, 6.07) is 0. The summed E-state index contributed by atoms with van der Waals surface area (Å²) in [4.78, 5) is 17.1. The molecule has 0 saturated heterocycles. The van der Waals surface area contributed by atoms with Crippen molar-refractivity contribution in [3.8, 4) is 0 Å². The van der Waals surface area contributed by atoms with Crippen molar-refractivity contribution in [2.75, 3.05) is 7.11 Å². The van der Waals surface area contributed by atoms with Gasteiger partial charge in [0.1, 0.15) is 11.5 Å². The number of imidazole rings is 1. The number of nitrogens with zero attached hydrogens (tertiary/aromatic N) is 1. The van der Waals surface area contributed by atoms with Crippen LogP contribution in [0.3, 0.4) is 0 Å². The van der Waals surface area contributed by atoms with Crippen molar-refractivity contribution in [3.63, 3.8) is 0 Å². The van der Waals surface area contributed by atoms with Gasteiger partial charge >= 0.3 is 5.97 Å². The van der Waals surface area contributed by atoms with E-state index in [1.54, 1.807) is 0 Å². The van der Waals surface area contributed by atoms with Gasteiger partial charge in [-0.15, -0.1) is 0 Å². The number of aromatic amines is 1. The molecule has 0 saturated carbocycles. The molecule has 0 fully saturated rings. The van der Waals surface area contributed by atoms with Crippen LogP contribution >= 0.6 is 0 Å². The van der Waals surface area contributed by atoms with Crippen LogP contribution in [0, 0.1) is 29.1 Å². The Bertz CT molecular complexity index is 685. The third-order valence-electron chi connectivity index (χ3n) is 2.68. The maximum Gasteiger partial charge on any atom is 0.356 e. The molecule has 21 heavy (non-hydrogen) atoms. The van der Waals surface area contributed by atoms with Gasteiger partial charge < -0.3 is 9.72 Å². The Hall–Kier alpha value is -2.45. The largest absolute Gasteiger partial charge is 0.464 e. The highest BCUT2D eigenvalue weighted by atomic mass is 19.2. The minimum Gasteiger partial charge on any atom is -0.464 e. The predicted octanol–water partition coefficient (Wildman–Crippen LogP) is 2.48. The lowest BCUT2D eigenvalue weighted by Gasteiger charge is -2.06. The second-order valence-electron chi connectivity index (χ2n) is 3.96. The monoisotopic (exact) mass is 306 g/mol. The normalized spacial score (nSPS) is 10.8. The Kier molecular flexibility index (Phi) is 3.92. The van der Waals surface area contributed by atoms with Crippen molar-refractivity contribution >= 4 is 5.97 Å². The smallest absolute Gasteiger partial charge is 0.356 e. The van der Waals surface area contributed by atoms with Crippen LogP contribution in [-0.2, 0) is 11.2 Å². The quantitative estimate of drug-likeness (QED) is 0.410. The van der Waals surface area contributed by atoms with E-state index in [9.17, 15) is 26.7 Å². The van der Waals surface area contributed by atoms with Crippen molar-refractivity contribution in [2.45, 2.75) is 6.42 Å². The first-order chi connectivity index (χ1) is 9.86. The van der Waals surface area contributed by atoms with E-state index in [0.29, 0.717) is 0 Å². The van der Waals surface area contributed by atoms with Crippen molar-refractivity contribution in [3.05, 3.63) is 52.4 Å². The van der Waals surface area contributed by atoms with Gasteiger partial charge in [0, 0.05) is 12.0 Å². The lowest BCUT2D eigenvalue weighted by Crippen LogP contribution is -2.08. The highest BCUT2D eigenvalue weighted by molar-refractivity contribution is 5.86. The fourth-order valence-electron chi connectivity index (χ4n) is 1.64. The van der Waals surface area contributed by atoms with E-state index in [1.165, 1.54) is 0 Å². The van der Waals surface area contributed by atoms with E-state index in [0.717, 1.165) is 13.3 Å². The first-order valence-corrected chi connectivity index (χ1v) is 5.49. The molecule has 9 heteroatoms. The third kappa shape index (κ3) is 2.58. The molecule has 0 radical (unpaired) electrons. The Morgan fingerprint density at radius 2 is 1.62 bits per heavy atom. The van der Waals surface area contributed by atoms with Crippen molar-refractivity contribution in [1.82, 2.24) is 9.97 Å². The zero-order valence-electron chi connectivity index (χ0n) is 10.4. The first-order valence-electron chi connectivity index (χ1n) is 5.49. The molecule has 1 heterocycles. The second-order valence-corrected chi connectivity index (χ2v) is 3.96. The average Bonchev–Trinajstić information content (AvgIpc) is 2.95. The number of rotatable bonds is 3. The maximum atomic E-state index is 13.5. The summed E-state index contributed by atoms with van der Waals surface area (Å²) >= 11 is 0. The fourth-order valence-corrected chi connectivity index (χ4v) is 1.64. The van der Waals surface area contributed by atoms with Crippen molar-refractivity contribution in [2.24, 2.45) is 0 Å². The van der Waals surface area contributed by atoms with Crippen molar-refractivity contribution in [1.29, 1.82) is 0 Å². The van der Waals surface area contributed by atoms with Crippen LogP contribution in [0.5, 0.6) is 0 Å². The summed E-state index contributed by atoms with van der Waals surface area (Å²) in [6.45, 7) is 0. The lowest BCUT2D eigenvalue weighted by atomic mass is 10.1. The SMILES string of the molecule is COC(=O)c1cnc(Cc2c(F)c(F)c(F)c(F)c2F)[nH]1. The number of H-pyrrole nitrogens is 1. The summed E-state index contributed by atoms with van der Waals surface area (Å²) in [5.41, 5.74) is -1.16. The number of hydrogen-bond donors (Lipinski definition) is 1. The van der Waals surface area contributed by atoms with E-state index >= 15 is 0 Å². The minimum absolute atomic E-state index is 0.114. The van der Waals surface area contributed by atoms with Crippen molar-refractivity contribution < 1.29 is 31.5 Å². The number of halogens is 5. The molecule has 0 unspecified atom stereocenters. The molecule has 1 aromatic carbocycles. The van der Waals surface area contributed by atoms with Crippen LogP contribution in [-0.4, -0.2) is 23.0 Å². The zero-order chi connectivity index (χ0) is 15.7. The Balaban J connectivity index is 2.40. The standard InChI is InChI=1S/C12H7F5N2O2/c1-21-12(20)5-3-18-6(19-5)2-4-7(13)9(15)11(17)10(16)8(4)14/h3H,2H2,1H3,(H,18,19). The van der Waals surface area contributed by atoms with Crippen LogP contribution in [0.15, 0.2) is 6.20 Å². The lowest BCUT2D eigenvalue weighted by molar-refractivity contribution is 0.0594. The van der Waals surface area contributed by atoms with E-state index < -0.39 is 47.0 Å². The molecule has 2 aromatic rings. The molecular formula is C12H7F5N2O2. The van der Waals surface area contributed by atoms with Gasteiger partial charge in [-0.3, -0.25) is 0 Å². The molecular weight excluding hydrogens is 299 g/mol. The van der Waals surface area contributed by atoms with Gasteiger partial charge in [0.05, 0.1) is 13.3 Å². The summed E-state index contributed by atoms with van der Waals surface area (Å²) in [7, 11) is 1.10. The number of methoxy groups -OCH3 is 1. The summed E-state index contributed by atoms with van der Waals surface area (Å²) in [5, 5.41) is 0. The summed E-state index contributed by atoms with van der Waals surface area (Å²) in [5.74, 6) is -11.1.